The third-order valence-electron chi connectivity index (χ3n) is 2.14. The Hall–Kier alpha value is -2.09. The summed E-state index contributed by atoms with van der Waals surface area (Å²) in [5, 5.41) is 8.90. The van der Waals surface area contributed by atoms with Crippen molar-refractivity contribution in [3.05, 3.63) is 66.5 Å². The van der Waals surface area contributed by atoms with Gasteiger partial charge in [0, 0.05) is 5.56 Å². The second-order valence-corrected chi connectivity index (χ2v) is 3.48. The van der Waals surface area contributed by atoms with E-state index in [0.29, 0.717) is 5.56 Å². The second kappa shape index (κ2) is 5.12. The Morgan fingerprint density at radius 2 is 1.62 bits per heavy atom. The van der Waals surface area contributed by atoms with Gasteiger partial charge in [-0.1, -0.05) is 43.5 Å². The fraction of sp³-hybridized carbons (Fsp3) is 0.0714. The zero-order valence-corrected chi connectivity index (χ0v) is 9.23. The third-order valence-corrected chi connectivity index (χ3v) is 2.14. The minimum Gasteiger partial charge on any atom is -0.509 e. The molecule has 0 saturated carbocycles. The van der Waals surface area contributed by atoms with Gasteiger partial charge in [-0.3, -0.25) is 4.79 Å². The summed E-state index contributed by atoms with van der Waals surface area (Å²) < 4.78 is 0. The van der Waals surface area contributed by atoms with Crippen molar-refractivity contribution in [1.82, 2.24) is 0 Å². The molecule has 1 aromatic carbocycles. The molecule has 0 heterocycles. The molecule has 2 nitrogen and oxygen atoms in total. The predicted molar refractivity (Wildman–Crippen MR) is 66.4 cm³/mol. The lowest BCUT2D eigenvalue weighted by molar-refractivity contribution is 0.101. The van der Waals surface area contributed by atoms with Crippen LogP contribution in [0.4, 0.5) is 0 Å². The molecule has 1 rings (SSSR count). The first-order chi connectivity index (χ1) is 7.50. The van der Waals surface area contributed by atoms with Gasteiger partial charge < -0.3 is 5.11 Å². The Bertz CT molecular complexity index is 450. The van der Waals surface area contributed by atoms with Gasteiger partial charge in [0.25, 0.3) is 0 Å². The van der Waals surface area contributed by atoms with E-state index in [1.54, 1.807) is 18.2 Å². The van der Waals surface area contributed by atoms with Crippen molar-refractivity contribution in [3.8, 4) is 0 Å². The number of aliphatic hydroxyl groups is 1. The molecule has 0 amide bonds. The molecular weight excluding hydrogens is 200 g/mol. The largest absolute Gasteiger partial charge is 0.509 e. The predicted octanol–water partition coefficient (Wildman–Crippen LogP) is 3.53. The maximum Gasteiger partial charge on any atom is 0.159 e. The van der Waals surface area contributed by atoms with Crippen molar-refractivity contribution >= 4 is 11.4 Å². The number of aliphatic hydroxyl groups excluding tert-OH is 1. The first-order valence-corrected chi connectivity index (χ1v) is 4.87. The lowest BCUT2D eigenvalue weighted by Gasteiger charge is -2.01. The third kappa shape index (κ3) is 3.24. The number of allylic oxidation sites excluding steroid dienone is 3. The van der Waals surface area contributed by atoms with Crippen LogP contribution in [0.15, 0.2) is 55.3 Å². The van der Waals surface area contributed by atoms with Crippen molar-refractivity contribution in [2.75, 3.05) is 0 Å². The molecule has 0 aromatic heterocycles. The Morgan fingerprint density at radius 1 is 1.12 bits per heavy atom. The standard InChI is InChI=1S/C14H14O2/c1-10(4-5-11(2)15)13-6-8-14(9-7-13)12(3)16/h4-9,15H,1-2H2,3H3/b5-4-. The van der Waals surface area contributed by atoms with Crippen LogP contribution in [-0.2, 0) is 0 Å². The molecule has 0 aliphatic rings. The molecule has 2 heteroatoms. The Balaban J connectivity index is 2.86. The molecule has 16 heavy (non-hydrogen) atoms. The topological polar surface area (TPSA) is 37.3 Å². The van der Waals surface area contributed by atoms with Gasteiger partial charge in [0.05, 0.1) is 0 Å². The molecule has 0 atom stereocenters. The average Bonchev–Trinajstić information content (AvgIpc) is 2.26. The molecule has 0 bridgehead atoms. The molecule has 0 fully saturated rings. The van der Waals surface area contributed by atoms with Crippen LogP contribution < -0.4 is 0 Å². The van der Waals surface area contributed by atoms with Gasteiger partial charge in [-0.15, -0.1) is 0 Å². The number of ketones is 1. The first-order valence-electron chi connectivity index (χ1n) is 4.87. The number of carbonyl (C=O) groups is 1. The Labute approximate surface area is 95.2 Å². The van der Waals surface area contributed by atoms with Crippen molar-refractivity contribution in [2.24, 2.45) is 0 Å². The SMILES string of the molecule is C=C(O)/C=C\C(=C)c1ccc(C(C)=O)cc1. The van der Waals surface area contributed by atoms with Crippen molar-refractivity contribution in [2.45, 2.75) is 6.92 Å². The number of benzene rings is 1. The number of carbonyl (C=O) groups excluding carboxylic acids is 1. The van der Waals surface area contributed by atoms with E-state index in [1.807, 2.05) is 12.1 Å². The monoisotopic (exact) mass is 214 g/mol. The zero-order chi connectivity index (χ0) is 12.1. The molecule has 0 spiro atoms. The molecular formula is C14H14O2. The van der Waals surface area contributed by atoms with Crippen LogP contribution in [0, 0.1) is 0 Å². The van der Waals surface area contributed by atoms with Gasteiger partial charge in [-0.25, -0.2) is 0 Å². The summed E-state index contributed by atoms with van der Waals surface area (Å²) in [7, 11) is 0. The normalized spacial score (nSPS) is 10.3. The van der Waals surface area contributed by atoms with Crippen LogP contribution in [0.3, 0.4) is 0 Å². The summed E-state index contributed by atoms with van der Waals surface area (Å²) >= 11 is 0. The quantitative estimate of drug-likeness (QED) is 0.473. The highest BCUT2D eigenvalue weighted by molar-refractivity contribution is 5.94. The number of rotatable bonds is 4. The van der Waals surface area contributed by atoms with E-state index in [1.165, 1.54) is 13.0 Å². The summed E-state index contributed by atoms with van der Waals surface area (Å²) in [6, 6.07) is 7.15. The van der Waals surface area contributed by atoms with Gasteiger partial charge in [0.2, 0.25) is 0 Å². The minimum absolute atomic E-state index is 0.0125. The summed E-state index contributed by atoms with van der Waals surface area (Å²) in [4.78, 5) is 11.1. The highest BCUT2D eigenvalue weighted by atomic mass is 16.3. The molecule has 0 aliphatic carbocycles. The lowest BCUT2D eigenvalue weighted by atomic mass is 10.0. The highest BCUT2D eigenvalue weighted by Crippen LogP contribution is 2.15. The molecule has 82 valence electrons. The fourth-order valence-electron chi connectivity index (χ4n) is 1.21. The van der Waals surface area contributed by atoms with E-state index in [9.17, 15) is 4.79 Å². The van der Waals surface area contributed by atoms with Gasteiger partial charge in [0.1, 0.15) is 5.76 Å². The van der Waals surface area contributed by atoms with Gasteiger partial charge in [0.15, 0.2) is 5.78 Å². The van der Waals surface area contributed by atoms with Gasteiger partial charge in [-0.05, 0) is 24.1 Å². The second-order valence-electron chi connectivity index (χ2n) is 3.48. The summed E-state index contributed by atoms with van der Waals surface area (Å²) in [5.74, 6) is 0.0259. The van der Waals surface area contributed by atoms with Gasteiger partial charge in [-0.2, -0.15) is 0 Å². The molecule has 0 unspecified atom stereocenters. The van der Waals surface area contributed by atoms with E-state index < -0.39 is 0 Å². The van der Waals surface area contributed by atoms with Crippen LogP contribution in [0.1, 0.15) is 22.8 Å². The maximum absolute atomic E-state index is 11.1. The van der Waals surface area contributed by atoms with Crippen LogP contribution in [0.2, 0.25) is 0 Å². The van der Waals surface area contributed by atoms with E-state index in [0.717, 1.165) is 11.1 Å². The van der Waals surface area contributed by atoms with E-state index in [2.05, 4.69) is 13.2 Å². The smallest absolute Gasteiger partial charge is 0.159 e. The maximum atomic E-state index is 11.1. The molecule has 1 aromatic rings. The summed E-state index contributed by atoms with van der Waals surface area (Å²) in [6.07, 6.45) is 3.15. The molecule has 0 radical (unpaired) electrons. The lowest BCUT2D eigenvalue weighted by Crippen LogP contribution is -1.91. The molecule has 1 N–H and O–H groups in total. The number of hydrogen-bond donors (Lipinski definition) is 1. The summed E-state index contributed by atoms with van der Waals surface area (Å²) in [5.41, 5.74) is 2.33. The van der Waals surface area contributed by atoms with E-state index in [-0.39, 0.29) is 11.5 Å². The van der Waals surface area contributed by atoms with Crippen molar-refractivity contribution < 1.29 is 9.90 Å². The Morgan fingerprint density at radius 3 is 2.06 bits per heavy atom. The number of hydrogen-bond acceptors (Lipinski definition) is 2. The van der Waals surface area contributed by atoms with E-state index >= 15 is 0 Å². The fourth-order valence-corrected chi connectivity index (χ4v) is 1.21. The average molecular weight is 214 g/mol. The van der Waals surface area contributed by atoms with Gasteiger partial charge >= 0.3 is 0 Å². The zero-order valence-electron chi connectivity index (χ0n) is 9.23. The van der Waals surface area contributed by atoms with Crippen LogP contribution in [-0.4, -0.2) is 10.9 Å². The van der Waals surface area contributed by atoms with E-state index in [4.69, 9.17) is 5.11 Å². The Kier molecular flexibility index (Phi) is 3.84. The molecule has 0 saturated heterocycles. The highest BCUT2D eigenvalue weighted by Gasteiger charge is 1.99. The van der Waals surface area contributed by atoms with Crippen LogP contribution in [0.25, 0.3) is 5.57 Å². The minimum atomic E-state index is -0.0125. The van der Waals surface area contributed by atoms with Crippen molar-refractivity contribution in [3.63, 3.8) is 0 Å². The first kappa shape index (κ1) is 12.0. The molecule has 0 aliphatic heterocycles. The summed E-state index contributed by atoms with van der Waals surface area (Å²) in [6.45, 7) is 8.72. The number of Topliss-reactive ketones (excluding diaryl/α,β-unsaturated/α-hetero) is 1. The van der Waals surface area contributed by atoms with Crippen LogP contribution in [0.5, 0.6) is 0 Å². The van der Waals surface area contributed by atoms with Crippen LogP contribution >= 0.6 is 0 Å². The van der Waals surface area contributed by atoms with Crippen molar-refractivity contribution in [1.29, 1.82) is 0 Å².